The molecule has 2 rings (SSSR count). The SMILES string of the molecule is CCCc1nc(COc2cc(C)cc(C)c2)cs1. The molecule has 0 radical (unpaired) electrons. The Labute approximate surface area is 113 Å². The molecule has 0 N–H and O–H groups in total. The van der Waals surface area contributed by atoms with Gasteiger partial charge in [0.05, 0.1) is 10.7 Å². The zero-order valence-electron chi connectivity index (χ0n) is 11.2. The summed E-state index contributed by atoms with van der Waals surface area (Å²) in [7, 11) is 0. The van der Waals surface area contributed by atoms with E-state index in [9.17, 15) is 0 Å². The lowest BCUT2D eigenvalue weighted by molar-refractivity contribution is 0.301. The van der Waals surface area contributed by atoms with E-state index in [0.29, 0.717) is 6.61 Å². The fourth-order valence-electron chi connectivity index (χ4n) is 1.92. The van der Waals surface area contributed by atoms with Crippen molar-refractivity contribution in [1.29, 1.82) is 0 Å². The van der Waals surface area contributed by atoms with Crippen LogP contribution in [0.3, 0.4) is 0 Å². The average Bonchev–Trinajstić information content (AvgIpc) is 2.74. The molecule has 0 spiro atoms. The molecule has 2 aromatic rings. The first-order chi connectivity index (χ1) is 8.67. The standard InChI is InChI=1S/C15H19NOS/c1-4-5-15-16-13(10-18-15)9-17-14-7-11(2)6-12(3)8-14/h6-8,10H,4-5,9H2,1-3H3. The van der Waals surface area contributed by atoms with E-state index in [2.05, 4.69) is 49.3 Å². The number of ether oxygens (including phenoxy) is 1. The van der Waals surface area contributed by atoms with E-state index in [1.54, 1.807) is 11.3 Å². The van der Waals surface area contributed by atoms with Crippen LogP contribution in [0.5, 0.6) is 5.75 Å². The molecule has 0 bridgehead atoms. The van der Waals surface area contributed by atoms with Crippen molar-refractivity contribution in [1.82, 2.24) is 4.98 Å². The lowest BCUT2D eigenvalue weighted by Crippen LogP contribution is -1.97. The highest BCUT2D eigenvalue weighted by atomic mass is 32.1. The summed E-state index contributed by atoms with van der Waals surface area (Å²) < 4.78 is 5.79. The van der Waals surface area contributed by atoms with Crippen LogP contribution in [-0.4, -0.2) is 4.98 Å². The van der Waals surface area contributed by atoms with Gasteiger partial charge in [0, 0.05) is 5.38 Å². The molecule has 96 valence electrons. The minimum atomic E-state index is 0.559. The molecule has 1 aromatic carbocycles. The van der Waals surface area contributed by atoms with Crippen molar-refractivity contribution >= 4 is 11.3 Å². The molecule has 0 aliphatic rings. The van der Waals surface area contributed by atoms with Gasteiger partial charge in [-0.1, -0.05) is 13.0 Å². The largest absolute Gasteiger partial charge is 0.487 e. The Balaban J connectivity index is 1.97. The Morgan fingerprint density at radius 2 is 1.89 bits per heavy atom. The van der Waals surface area contributed by atoms with Crippen LogP contribution in [-0.2, 0) is 13.0 Å². The number of hydrogen-bond acceptors (Lipinski definition) is 3. The summed E-state index contributed by atoms with van der Waals surface area (Å²) in [4.78, 5) is 4.55. The Hall–Kier alpha value is -1.35. The lowest BCUT2D eigenvalue weighted by Gasteiger charge is -2.06. The summed E-state index contributed by atoms with van der Waals surface area (Å²) in [5.41, 5.74) is 3.49. The quantitative estimate of drug-likeness (QED) is 0.801. The summed E-state index contributed by atoms with van der Waals surface area (Å²) in [6, 6.07) is 6.27. The van der Waals surface area contributed by atoms with E-state index in [1.807, 2.05) is 0 Å². The summed E-state index contributed by atoms with van der Waals surface area (Å²) >= 11 is 1.72. The number of aryl methyl sites for hydroxylation is 3. The molecule has 0 amide bonds. The number of aromatic nitrogens is 1. The Bertz CT molecular complexity index is 499. The van der Waals surface area contributed by atoms with Crippen LogP contribution in [0.2, 0.25) is 0 Å². The molecule has 0 aliphatic carbocycles. The van der Waals surface area contributed by atoms with Gasteiger partial charge in [-0.2, -0.15) is 0 Å². The van der Waals surface area contributed by atoms with Crippen LogP contribution in [0.4, 0.5) is 0 Å². The maximum Gasteiger partial charge on any atom is 0.131 e. The zero-order chi connectivity index (χ0) is 13.0. The minimum absolute atomic E-state index is 0.559. The number of benzene rings is 1. The maximum absolute atomic E-state index is 5.79. The van der Waals surface area contributed by atoms with Gasteiger partial charge in [-0.25, -0.2) is 4.98 Å². The van der Waals surface area contributed by atoms with E-state index in [1.165, 1.54) is 16.1 Å². The smallest absolute Gasteiger partial charge is 0.131 e. The molecule has 0 atom stereocenters. The highest BCUT2D eigenvalue weighted by molar-refractivity contribution is 7.09. The lowest BCUT2D eigenvalue weighted by atomic mass is 10.1. The van der Waals surface area contributed by atoms with Crippen molar-refractivity contribution in [3.8, 4) is 5.75 Å². The van der Waals surface area contributed by atoms with Crippen molar-refractivity contribution in [2.45, 2.75) is 40.2 Å². The van der Waals surface area contributed by atoms with Crippen LogP contribution in [0, 0.1) is 13.8 Å². The van der Waals surface area contributed by atoms with E-state index in [-0.39, 0.29) is 0 Å². The highest BCUT2D eigenvalue weighted by Gasteiger charge is 2.03. The van der Waals surface area contributed by atoms with Crippen molar-refractivity contribution in [2.24, 2.45) is 0 Å². The van der Waals surface area contributed by atoms with Crippen LogP contribution in [0.25, 0.3) is 0 Å². The number of hydrogen-bond donors (Lipinski definition) is 0. The average molecular weight is 261 g/mol. The molecule has 2 nitrogen and oxygen atoms in total. The minimum Gasteiger partial charge on any atom is -0.487 e. The van der Waals surface area contributed by atoms with Crippen molar-refractivity contribution < 1.29 is 4.74 Å². The van der Waals surface area contributed by atoms with Gasteiger partial charge in [-0.3, -0.25) is 0 Å². The van der Waals surface area contributed by atoms with Gasteiger partial charge in [0.2, 0.25) is 0 Å². The van der Waals surface area contributed by atoms with Gasteiger partial charge < -0.3 is 4.74 Å². The molecule has 0 fully saturated rings. The third-order valence-electron chi connectivity index (χ3n) is 2.65. The molecule has 0 saturated heterocycles. The molecule has 0 aliphatic heterocycles. The van der Waals surface area contributed by atoms with E-state index in [4.69, 9.17) is 4.74 Å². The molecule has 0 saturated carbocycles. The molecule has 3 heteroatoms. The Morgan fingerprint density at radius 3 is 2.56 bits per heavy atom. The normalized spacial score (nSPS) is 10.6. The highest BCUT2D eigenvalue weighted by Crippen LogP contribution is 2.18. The third kappa shape index (κ3) is 3.57. The first kappa shape index (κ1) is 13.1. The predicted octanol–water partition coefficient (Wildman–Crippen LogP) is 4.29. The molecular weight excluding hydrogens is 242 g/mol. The fourth-order valence-corrected chi connectivity index (χ4v) is 2.80. The topological polar surface area (TPSA) is 22.1 Å². The zero-order valence-corrected chi connectivity index (χ0v) is 12.0. The van der Waals surface area contributed by atoms with Crippen molar-refractivity contribution in [3.63, 3.8) is 0 Å². The van der Waals surface area contributed by atoms with Gasteiger partial charge in [0.1, 0.15) is 12.4 Å². The monoisotopic (exact) mass is 261 g/mol. The van der Waals surface area contributed by atoms with E-state index in [0.717, 1.165) is 24.3 Å². The van der Waals surface area contributed by atoms with Crippen LogP contribution in [0.15, 0.2) is 23.6 Å². The first-order valence-corrected chi connectivity index (χ1v) is 7.19. The molecular formula is C15H19NOS. The van der Waals surface area contributed by atoms with Gasteiger partial charge >= 0.3 is 0 Å². The number of thiazole rings is 1. The second-order valence-corrected chi connectivity index (χ2v) is 5.54. The van der Waals surface area contributed by atoms with Crippen LogP contribution >= 0.6 is 11.3 Å². The van der Waals surface area contributed by atoms with Crippen LogP contribution in [0.1, 0.15) is 35.2 Å². The summed E-state index contributed by atoms with van der Waals surface area (Å²) in [6.45, 7) is 6.90. The van der Waals surface area contributed by atoms with Crippen molar-refractivity contribution in [3.05, 3.63) is 45.4 Å². The molecule has 0 unspecified atom stereocenters. The first-order valence-electron chi connectivity index (χ1n) is 6.31. The maximum atomic E-state index is 5.79. The van der Waals surface area contributed by atoms with E-state index >= 15 is 0 Å². The van der Waals surface area contributed by atoms with E-state index < -0.39 is 0 Å². The van der Waals surface area contributed by atoms with Gasteiger partial charge in [-0.15, -0.1) is 11.3 Å². The number of nitrogens with zero attached hydrogens (tertiary/aromatic N) is 1. The summed E-state index contributed by atoms with van der Waals surface area (Å²) in [6.07, 6.45) is 2.21. The van der Waals surface area contributed by atoms with Gasteiger partial charge in [0.15, 0.2) is 0 Å². The molecule has 1 heterocycles. The summed E-state index contributed by atoms with van der Waals surface area (Å²) in [5, 5.41) is 3.30. The second-order valence-electron chi connectivity index (χ2n) is 4.59. The van der Waals surface area contributed by atoms with Gasteiger partial charge in [0.25, 0.3) is 0 Å². The Morgan fingerprint density at radius 1 is 1.17 bits per heavy atom. The molecule has 18 heavy (non-hydrogen) atoms. The second kappa shape index (κ2) is 6.01. The van der Waals surface area contributed by atoms with Gasteiger partial charge in [-0.05, 0) is 49.9 Å². The predicted molar refractivity (Wildman–Crippen MR) is 76.4 cm³/mol. The number of rotatable bonds is 5. The van der Waals surface area contributed by atoms with Crippen molar-refractivity contribution in [2.75, 3.05) is 0 Å². The fraction of sp³-hybridized carbons (Fsp3) is 0.400. The Kier molecular flexibility index (Phi) is 4.37. The van der Waals surface area contributed by atoms with Crippen LogP contribution < -0.4 is 4.74 Å². The third-order valence-corrected chi connectivity index (χ3v) is 3.60. The molecule has 1 aromatic heterocycles. The summed E-state index contributed by atoms with van der Waals surface area (Å²) in [5.74, 6) is 0.928.